The van der Waals surface area contributed by atoms with Crippen LogP contribution in [0.25, 0.3) is 9.88 Å². The molecule has 4 rings (SSSR count). The third-order valence-electron chi connectivity index (χ3n) is 4.17. The zero-order chi connectivity index (χ0) is 21.8. The maximum Gasteiger partial charge on any atom is 0.262 e. The van der Waals surface area contributed by atoms with Crippen LogP contribution in [0.4, 0.5) is 11.4 Å². The second-order valence-corrected chi connectivity index (χ2v) is 10.4. The Morgan fingerprint density at radius 3 is 2.65 bits per heavy atom. The molecule has 0 spiro atoms. The number of thiazole rings is 1. The van der Waals surface area contributed by atoms with E-state index in [4.69, 9.17) is 11.6 Å². The molecule has 0 saturated heterocycles. The predicted molar refractivity (Wildman–Crippen MR) is 126 cm³/mol. The maximum atomic E-state index is 12.7. The summed E-state index contributed by atoms with van der Waals surface area (Å²) in [5.41, 5.74) is 1.32. The summed E-state index contributed by atoms with van der Waals surface area (Å²) in [5.74, 6) is -0.281. The van der Waals surface area contributed by atoms with Crippen molar-refractivity contribution in [3.8, 4) is 9.88 Å². The fraction of sp³-hybridized carbons (Fsp3) is 0.0476. The summed E-state index contributed by atoms with van der Waals surface area (Å²) in [6.45, 7) is 0. The fourth-order valence-corrected chi connectivity index (χ4v) is 5.76. The first-order valence-corrected chi connectivity index (χ1v) is 12.7. The molecule has 2 heterocycles. The van der Waals surface area contributed by atoms with Crippen LogP contribution in [0.1, 0.15) is 5.69 Å². The summed E-state index contributed by atoms with van der Waals surface area (Å²) < 4.78 is 27.9. The third kappa shape index (κ3) is 5.31. The Bertz CT molecular complexity index is 1320. The van der Waals surface area contributed by atoms with E-state index < -0.39 is 10.0 Å². The number of hydrogen-bond acceptors (Lipinski definition) is 6. The zero-order valence-corrected chi connectivity index (χ0v) is 19.1. The number of halogens is 1. The number of carbonyl (C=O) groups is 1. The van der Waals surface area contributed by atoms with Gasteiger partial charge < -0.3 is 5.32 Å². The largest absolute Gasteiger partial charge is 0.326 e. The number of anilines is 2. The lowest BCUT2D eigenvalue weighted by molar-refractivity contribution is -0.115. The minimum absolute atomic E-state index is 0.0128. The van der Waals surface area contributed by atoms with Crippen LogP contribution in [0, 0.1) is 0 Å². The molecule has 1 amide bonds. The van der Waals surface area contributed by atoms with Crippen molar-refractivity contribution < 1.29 is 13.2 Å². The van der Waals surface area contributed by atoms with Gasteiger partial charge in [0.1, 0.15) is 5.01 Å². The lowest BCUT2D eigenvalue weighted by Crippen LogP contribution is -2.16. The van der Waals surface area contributed by atoms with Gasteiger partial charge in [0, 0.05) is 11.1 Å². The van der Waals surface area contributed by atoms with Crippen LogP contribution in [-0.4, -0.2) is 19.3 Å². The molecular weight excluding hydrogens is 474 g/mol. The second kappa shape index (κ2) is 9.19. The van der Waals surface area contributed by atoms with E-state index in [0.29, 0.717) is 16.4 Å². The van der Waals surface area contributed by atoms with Gasteiger partial charge in [-0.05, 0) is 41.8 Å². The highest BCUT2D eigenvalue weighted by molar-refractivity contribution is 7.92. The molecule has 0 saturated carbocycles. The average molecular weight is 490 g/mol. The highest BCUT2D eigenvalue weighted by atomic mass is 35.5. The summed E-state index contributed by atoms with van der Waals surface area (Å²) >= 11 is 9.12. The molecule has 2 aromatic carbocycles. The van der Waals surface area contributed by atoms with E-state index >= 15 is 0 Å². The van der Waals surface area contributed by atoms with E-state index in [2.05, 4.69) is 15.0 Å². The van der Waals surface area contributed by atoms with Crippen LogP contribution in [0.15, 0.2) is 76.3 Å². The van der Waals surface area contributed by atoms with E-state index in [-0.39, 0.29) is 22.9 Å². The average Bonchev–Trinajstić information content (AvgIpc) is 3.42. The number of thiophene rings is 1. The maximum absolute atomic E-state index is 12.7. The number of amides is 1. The second-order valence-electron chi connectivity index (χ2n) is 6.46. The number of benzene rings is 2. The molecular formula is C21H16ClN3O3S3. The fourth-order valence-electron chi connectivity index (χ4n) is 2.76. The normalized spacial score (nSPS) is 11.3. The standard InChI is InChI=1S/C21H16ClN3O3S3/c22-17-7-1-2-8-18(17)25-31(27,28)16-6-3-5-14(11-16)23-20(26)12-15-13-30-21(24-15)19-9-4-10-29-19/h1-11,13,25H,12H2,(H,23,26). The molecule has 2 aromatic heterocycles. The number of sulfonamides is 1. The van der Waals surface area contributed by atoms with E-state index in [1.807, 2.05) is 22.9 Å². The van der Waals surface area contributed by atoms with Crippen LogP contribution in [0.5, 0.6) is 0 Å². The highest BCUT2D eigenvalue weighted by Gasteiger charge is 2.17. The number of aromatic nitrogens is 1. The Balaban J connectivity index is 1.44. The van der Waals surface area contributed by atoms with Crippen LogP contribution in [0.3, 0.4) is 0 Å². The Hall–Kier alpha value is -2.72. The van der Waals surface area contributed by atoms with Crippen molar-refractivity contribution in [1.29, 1.82) is 0 Å². The summed E-state index contributed by atoms with van der Waals surface area (Å²) in [6, 6.07) is 16.5. The number of nitrogens with one attached hydrogen (secondary N) is 2. The molecule has 10 heteroatoms. The molecule has 0 fully saturated rings. The van der Waals surface area contributed by atoms with Crippen molar-refractivity contribution in [3.63, 3.8) is 0 Å². The molecule has 0 unspecified atom stereocenters. The molecule has 0 bridgehead atoms. The number of para-hydroxylation sites is 1. The summed E-state index contributed by atoms with van der Waals surface area (Å²) in [5, 5.41) is 7.72. The van der Waals surface area contributed by atoms with Crippen molar-refractivity contribution >= 4 is 61.6 Å². The van der Waals surface area contributed by atoms with Crippen molar-refractivity contribution in [2.45, 2.75) is 11.3 Å². The van der Waals surface area contributed by atoms with Gasteiger partial charge in [-0.1, -0.05) is 35.9 Å². The van der Waals surface area contributed by atoms with Gasteiger partial charge in [0.05, 0.1) is 32.6 Å². The van der Waals surface area contributed by atoms with Gasteiger partial charge >= 0.3 is 0 Å². The van der Waals surface area contributed by atoms with Crippen LogP contribution < -0.4 is 10.0 Å². The van der Waals surface area contributed by atoms with E-state index in [1.165, 1.54) is 23.5 Å². The summed E-state index contributed by atoms with van der Waals surface area (Å²) in [7, 11) is -3.87. The zero-order valence-electron chi connectivity index (χ0n) is 15.9. The van der Waals surface area contributed by atoms with E-state index in [9.17, 15) is 13.2 Å². The quantitative estimate of drug-likeness (QED) is 0.358. The molecule has 0 aliphatic carbocycles. The van der Waals surface area contributed by atoms with Gasteiger partial charge in [-0.3, -0.25) is 9.52 Å². The Morgan fingerprint density at radius 1 is 1.03 bits per heavy atom. The summed E-state index contributed by atoms with van der Waals surface area (Å²) in [6.07, 6.45) is 0.0940. The minimum atomic E-state index is -3.87. The molecule has 4 aromatic rings. The van der Waals surface area contributed by atoms with Crippen LogP contribution >= 0.6 is 34.3 Å². The minimum Gasteiger partial charge on any atom is -0.326 e. The van der Waals surface area contributed by atoms with Crippen molar-refractivity contribution in [1.82, 2.24) is 4.98 Å². The number of carbonyl (C=O) groups excluding carboxylic acids is 1. The first-order valence-electron chi connectivity index (χ1n) is 9.06. The smallest absolute Gasteiger partial charge is 0.262 e. The van der Waals surface area contributed by atoms with Gasteiger partial charge in [0.2, 0.25) is 5.91 Å². The molecule has 2 N–H and O–H groups in total. The van der Waals surface area contributed by atoms with Crippen molar-refractivity contribution in [3.05, 3.63) is 82.1 Å². The van der Waals surface area contributed by atoms with Crippen LogP contribution in [-0.2, 0) is 21.2 Å². The monoisotopic (exact) mass is 489 g/mol. The summed E-state index contributed by atoms with van der Waals surface area (Å²) in [4.78, 5) is 18.0. The molecule has 0 aliphatic heterocycles. The lowest BCUT2D eigenvalue weighted by atomic mass is 10.3. The van der Waals surface area contributed by atoms with E-state index in [0.717, 1.165) is 9.88 Å². The SMILES string of the molecule is O=C(Cc1csc(-c2cccs2)n1)Nc1cccc(S(=O)(=O)Nc2ccccc2Cl)c1. The van der Waals surface area contributed by atoms with Crippen molar-refractivity contribution in [2.24, 2.45) is 0 Å². The van der Waals surface area contributed by atoms with Gasteiger partial charge in [-0.25, -0.2) is 13.4 Å². The first-order chi connectivity index (χ1) is 14.9. The van der Waals surface area contributed by atoms with E-state index in [1.54, 1.807) is 47.7 Å². The number of hydrogen-bond donors (Lipinski definition) is 2. The van der Waals surface area contributed by atoms with Gasteiger partial charge in [-0.2, -0.15) is 0 Å². The lowest BCUT2D eigenvalue weighted by Gasteiger charge is -2.11. The van der Waals surface area contributed by atoms with Crippen LogP contribution in [0.2, 0.25) is 5.02 Å². The molecule has 0 atom stereocenters. The molecule has 158 valence electrons. The van der Waals surface area contributed by atoms with Gasteiger partial charge in [-0.15, -0.1) is 22.7 Å². The third-order valence-corrected chi connectivity index (χ3v) is 7.79. The van der Waals surface area contributed by atoms with Crippen molar-refractivity contribution in [2.75, 3.05) is 10.0 Å². The molecule has 31 heavy (non-hydrogen) atoms. The Labute approximate surface area is 192 Å². The topological polar surface area (TPSA) is 88.2 Å². The van der Waals surface area contributed by atoms with Gasteiger partial charge in [0.15, 0.2) is 0 Å². The Kier molecular flexibility index (Phi) is 6.38. The Morgan fingerprint density at radius 2 is 1.87 bits per heavy atom. The van der Waals surface area contributed by atoms with Gasteiger partial charge in [0.25, 0.3) is 10.0 Å². The highest BCUT2D eigenvalue weighted by Crippen LogP contribution is 2.28. The first kappa shape index (κ1) is 21.5. The molecule has 6 nitrogen and oxygen atoms in total. The molecule has 0 aliphatic rings. The number of nitrogens with zero attached hydrogens (tertiary/aromatic N) is 1. The molecule has 0 radical (unpaired) electrons. The predicted octanol–water partition coefficient (Wildman–Crippen LogP) is 5.51. The number of rotatable bonds is 7.